The summed E-state index contributed by atoms with van der Waals surface area (Å²) in [4.78, 5) is 51.2. The molecule has 2 N–H and O–H groups in total. The van der Waals surface area contributed by atoms with E-state index in [0.717, 1.165) is 12.1 Å². The maximum atomic E-state index is 12.6. The minimum absolute atomic E-state index is 0.0775. The Hall–Kier alpha value is -4.61. The molecule has 3 rings (SSSR count). The van der Waals surface area contributed by atoms with Crippen LogP contribution < -0.4 is 10.6 Å². The van der Waals surface area contributed by atoms with E-state index in [2.05, 4.69) is 20.7 Å². The van der Waals surface area contributed by atoms with Gasteiger partial charge in [0.15, 0.2) is 0 Å². The Morgan fingerprint density at radius 2 is 1.73 bits per heavy atom. The predicted octanol–water partition coefficient (Wildman–Crippen LogP) is 2.82. The van der Waals surface area contributed by atoms with Crippen LogP contribution in [0.2, 0.25) is 0 Å². The van der Waals surface area contributed by atoms with Gasteiger partial charge in [-0.1, -0.05) is 0 Å². The first-order valence-corrected chi connectivity index (χ1v) is 9.81. The zero-order valence-electron chi connectivity index (χ0n) is 17.7. The number of aromatic nitrogens is 3. The van der Waals surface area contributed by atoms with Crippen LogP contribution in [0.25, 0.3) is 0 Å². The number of benzene rings is 2. The number of hydrogen-bond donors (Lipinski definition) is 2. The number of hydrogen-bond acceptors (Lipinski definition) is 8. The van der Waals surface area contributed by atoms with Crippen molar-refractivity contribution in [2.75, 3.05) is 17.2 Å². The summed E-state index contributed by atoms with van der Waals surface area (Å²) in [6, 6.07) is 9.03. The van der Waals surface area contributed by atoms with E-state index in [-0.39, 0.29) is 23.6 Å². The number of nitro benzene ring substituents is 1. The second kappa shape index (κ2) is 10.1. The molecular formula is C21H20N6O6. The number of amides is 2. The first kappa shape index (κ1) is 23.1. The van der Waals surface area contributed by atoms with Gasteiger partial charge in [-0.2, -0.15) is 5.10 Å². The van der Waals surface area contributed by atoms with Crippen LogP contribution in [-0.2, 0) is 9.53 Å². The number of esters is 1. The van der Waals surface area contributed by atoms with E-state index >= 15 is 0 Å². The average Bonchev–Trinajstić information content (AvgIpc) is 3.34. The molecule has 3 aromatic rings. The van der Waals surface area contributed by atoms with Crippen molar-refractivity contribution < 1.29 is 24.0 Å². The number of nitro groups is 1. The van der Waals surface area contributed by atoms with Gasteiger partial charge >= 0.3 is 5.97 Å². The van der Waals surface area contributed by atoms with Crippen molar-refractivity contribution in [2.24, 2.45) is 0 Å². The Labute approximate surface area is 187 Å². The van der Waals surface area contributed by atoms with E-state index in [1.54, 1.807) is 38.1 Å². The first-order valence-electron chi connectivity index (χ1n) is 9.81. The SMILES string of the molecule is CCOC(=O)c1cc(C(=O)Nc2ccc(NC(=O)C(C)n3cncn3)cc2)cc([N+](=O)[O-])c1. The van der Waals surface area contributed by atoms with Crippen LogP contribution >= 0.6 is 0 Å². The number of ether oxygens (including phenoxy) is 1. The highest BCUT2D eigenvalue weighted by molar-refractivity contribution is 6.06. The lowest BCUT2D eigenvalue weighted by atomic mass is 10.1. The van der Waals surface area contributed by atoms with E-state index in [0.29, 0.717) is 11.4 Å². The lowest BCUT2D eigenvalue weighted by Gasteiger charge is -2.12. The zero-order chi connectivity index (χ0) is 24.0. The third-order valence-corrected chi connectivity index (χ3v) is 4.53. The Kier molecular flexibility index (Phi) is 7.08. The molecule has 0 saturated heterocycles. The van der Waals surface area contributed by atoms with Crippen LogP contribution in [0.3, 0.4) is 0 Å². The minimum Gasteiger partial charge on any atom is -0.462 e. The summed E-state index contributed by atoms with van der Waals surface area (Å²) in [5, 5.41) is 20.4. The Morgan fingerprint density at radius 1 is 1.09 bits per heavy atom. The fourth-order valence-corrected chi connectivity index (χ4v) is 2.80. The molecule has 1 unspecified atom stereocenters. The average molecular weight is 452 g/mol. The summed E-state index contributed by atoms with van der Waals surface area (Å²) in [5.41, 5.74) is 0.281. The normalized spacial score (nSPS) is 11.3. The summed E-state index contributed by atoms with van der Waals surface area (Å²) in [6.07, 6.45) is 2.77. The van der Waals surface area contributed by atoms with Crippen molar-refractivity contribution in [2.45, 2.75) is 19.9 Å². The highest BCUT2D eigenvalue weighted by atomic mass is 16.6. The molecule has 170 valence electrons. The molecule has 0 radical (unpaired) electrons. The minimum atomic E-state index is -0.768. The molecule has 33 heavy (non-hydrogen) atoms. The first-order chi connectivity index (χ1) is 15.8. The molecule has 0 spiro atoms. The molecule has 0 aliphatic heterocycles. The molecule has 1 atom stereocenters. The van der Waals surface area contributed by atoms with Crippen LogP contribution in [-0.4, -0.2) is 44.1 Å². The third-order valence-electron chi connectivity index (χ3n) is 4.53. The Morgan fingerprint density at radius 3 is 2.30 bits per heavy atom. The van der Waals surface area contributed by atoms with Crippen molar-refractivity contribution in [3.63, 3.8) is 0 Å². The third kappa shape index (κ3) is 5.76. The number of carbonyl (C=O) groups excluding carboxylic acids is 3. The molecule has 2 amide bonds. The fourth-order valence-electron chi connectivity index (χ4n) is 2.80. The predicted molar refractivity (Wildman–Crippen MR) is 117 cm³/mol. The smallest absolute Gasteiger partial charge is 0.338 e. The highest BCUT2D eigenvalue weighted by Gasteiger charge is 2.19. The maximum Gasteiger partial charge on any atom is 0.338 e. The zero-order valence-corrected chi connectivity index (χ0v) is 17.7. The largest absolute Gasteiger partial charge is 0.462 e. The van der Waals surface area contributed by atoms with Crippen LogP contribution in [0.1, 0.15) is 40.6 Å². The molecule has 1 aromatic heterocycles. The highest BCUT2D eigenvalue weighted by Crippen LogP contribution is 2.21. The van der Waals surface area contributed by atoms with Crippen LogP contribution in [0, 0.1) is 10.1 Å². The number of rotatable bonds is 8. The van der Waals surface area contributed by atoms with Gasteiger partial charge in [0.25, 0.3) is 11.6 Å². The number of anilines is 2. The van der Waals surface area contributed by atoms with Gasteiger partial charge in [-0.15, -0.1) is 0 Å². The topological polar surface area (TPSA) is 158 Å². The van der Waals surface area contributed by atoms with E-state index in [4.69, 9.17) is 4.74 Å². The summed E-state index contributed by atoms with van der Waals surface area (Å²) in [6.45, 7) is 3.36. The van der Waals surface area contributed by atoms with Crippen molar-refractivity contribution in [3.05, 3.63) is 76.4 Å². The van der Waals surface area contributed by atoms with Crippen LogP contribution in [0.4, 0.5) is 17.1 Å². The number of carbonyl (C=O) groups is 3. The van der Waals surface area contributed by atoms with Crippen molar-refractivity contribution >= 4 is 34.8 Å². The molecule has 2 aromatic carbocycles. The lowest BCUT2D eigenvalue weighted by Crippen LogP contribution is -2.24. The standard InChI is InChI=1S/C21H20N6O6/c1-3-33-21(30)15-8-14(9-18(10-15)27(31)32)20(29)25-17-6-4-16(5-7-17)24-19(28)13(2)26-12-22-11-23-26/h4-13H,3H2,1-2H3,(H,24,28)(H,25,29). The Balaban J connectivity index is 1.71. The van der Waals surface area contributed by atoms with Gasteiger partial charge < -0.3 is 15.4 Å². The monoisotopic (exact) mass is 452 g/mol. The number of non-ortho nitro benzene ring substituents is 1. The van der Waals surface area contributed by atoms with Gasteiger partial charge in [-0.05, 0) is 44.2 Å². The summed E-state index contributed by atoms with van der Waals surface area (Å²) in [5.74, 6) is -1.73. The Bertz CT molecular complexity index is 1180. The molecule has 0 bridgehead atoms. The summed E-state index contributed by atoms with van der Waals surface area (Å²) < 4.78 is 6.27. The van der Waals surface area contributed by atoms with Crippen molar-refractivity contribution in [1.29, 1.82) is 0 Å². The van der Waals surface area contributed by atoms with E-state index in [1.807, 2.05) is 0 Å². The van der Waals surface area contributed by atoms with Gasteiger partial charge in [0.2, 0.25) is 5.91 Å². The summed E-state index contributed by atoms with van der Waals surface area (Å²) >= 11 is 0. The summed E-state index contributed by atoms with van der Waals surface area (Å²) in [7, 11) is 0. The van der Waals surface area contributed by atoms with Gasteiger partial charge in [0.05, 0.1) is 17.1 Å². The molecule has 12 heteroatoms. The van der Waals surface area contributed by atoms with E-state index < -0.39 is 28.5 Å². The molecule has 0 fully saturated rings. The van der Waals surface area contributed by atoms with Gasteiger partial charge in [0, 0.05) is 29.1 Å². The fraction of sp³-hybridized carbons (Fsp3) is 0.190. The number of nitrogens with one attached hydrogen (secondary N) is 2. The second-order valence-electron chi connectivity index (χ2n) is 6.82. The van der Waals surface area contributed by atoms with Crippen LogP contribution in [0.15, 0.2) is 55.1 Å². The quantitative estimate of drug-likeness (QED) is 0.300. The van der Waals surface area contributed by atoms with E-state index in [9.17, 15) is 24.5 Å². The maximum absolute atomic E-state index is 12.6. The van der Waals surface area contributed by atoms with Gasteiger partial charge in [0.1, 0.15) is 18.7 Å². The number of nitrogens with zero attached hydrogens (tertiary/aromatic N) is 4. The molecule has 1 heterocycles. The van der Waals surface area contributed by atoms with Crippen molar-refractivity contribution in [1.82, 2.24) is 14.8 Å². The van der Waals surface area contributed by atoms with Gasteiger partial charge in [-0.3, -0.25) is 19.7 Å². The molecule has 0 aliphatic rings. The molecular weight excluding hydrogens is 432 g/mol. The van der Waals surface area contributed by atoms with Crippen molar-refractivity contribution in [3.8, 4) is 0 Å². The van der Waals surface area contributed by atoms with Gasteiger partial charge in [-0.25, -0.2) is 14.5 Å². The van der Waals surface area contributed by atoms with E-state index in [1.165, 1.54) is 23.4 Å². The molecule has 0 aliphatic carbocycles. The second-order valence-corrected chi connectivity index (χ2v) is 6.82. The van der Waals surface area contributed by atoms with Crippen LogP contribution in [0.5, 0.6) is 0 Å². The molecule has 12 nitrogen and oxygen atoms in total. The molecule has 0 saturated carbocycles. The lowest BCUT2D eigenvalue weighted by molar-refractivity contribution is -0.384.